The third-order valence-electron chi connectivity index (χ3n) is 5.22. The van der Waals surface area contributed by atoms with E-state index < -0.39 is 29.7 Å². The number of benzene rings is 2. The van der Waals surface area contributed by atoms with Crippen molar-refractivity contribution in [2.45, 2.75) is 19.9 Å². The number of aryl methyl sites for hydroxylation is 1. The van der Waals surface area contributed by atoms with Gasteiger partial charge in [0.05, 0.1) is 18.5 Å². The number of imide groups is 1. The van der Waals surface area contributed by atoms with Gasteiger partial charge in [0.15, 0.2) is 5.71 Å². The van der Waals surface area contributed by atoms with E-state index in [2.05, 4.69) is 5.10 Å². The van der Waals surface area contributed by atoms with Crippen LogP contribution >= 0.6 is 11.6 Å². The Labute approximate surface area is 172 Å². The molecular formula is C21H18ClN3O4. The molecule has 0 saturated carbocycles. The van der Waals surface area contributed by atoms with Crippen LogP contribution in [-0.2, 0) is 19.1 Å². The number of rotatable bonds is 3. The molecule has 2 heterocycles. The summed E-state index contributed by atoms with van der Waals surface area (Å²) in [6.45, 7) is 3.67. The molecule has 1 saturated heterocycles. The maximum Gasteiger partial charge on any atom is 0.355 e. The molecule has 7 nitrogen and oxygen atoms in total. The van der Waals surface area contributed by atoms with E-state index in [4.69, 9.17) is 16.3 Å². The van der Waals surface area contributed by atoms with E-state index in [9.17, 15) is 14.4 Å². The third kappa shape index (κ3) is 2.89. The molecule has 148 valence electrons. The number of hydrogen-bond donors (Lipinski definition) is 0. The Kier molecular flexibility index (Phi) is 4.62. The second kappa shape index (κ2) is 7.00. The maximum atomic E-state index is 13.4. The monoisotopic (exact) mass is 411 g/mol. The Morgan fingerprint density at radius 2 is 1.76 bits per heavy atom. The van der Waals surface area contributed by atoms with Crippen molar-refractivity contribution in [1.82, 2.24) is 0 Å². The van der Waals surface area contributed by atoms with Crippen LogP contribution in [0.3, 0.4) is 0 Å². The number of hydrazone groups is 1. The first kappa shape index (κ1) is 19.1. The molecule has 2 aromatic rings. The van der Waals surface area contributed by atoms with Crippen LogP contribution in [0, 0.1) is 19.8 Å². The van der Waals surface area contributed by atoms with E-state index in [1.54, 1.807) is 37.3 Å². The van der Waals surface area contributed by atoms with Gasteiger partial charge >= 0.3 is 5.97 Å². The largest absolute Gasteiger partial charge is 0.464 e. The van der Waals surface area contributed by atoms with Gasteiger partial charge < -0.3 is 4.74 Å². The molecule has 0 aromatic heterocycles. The Morgan fingerprint density at radius 1 is 1.07 bits per heavy atom. The number of ether oxygens (including phenoxy) is 1. The van der Waals surface area contributed by atoms with Gasteiger partial charge in [-0.25, -0.2) is 9.69 Å². The molecule has 0 bridgehead atoms. The number of hydrogen-bond acceptors (Lipinski definition) is 6. The number of fused-ring (bicyclic) bond motifs is 1. The summed E-state index contributed by atoms with van der Waals surface area (Å²) in [5.74, 6) is -2.77. The summed E-state index contributed by atoms with van der Waals surface area (Å²) in [7, 11) is 1.22. The molecule has 0 unspecified atom stereocenters. The van der Waals surface area contributed by atoms with Gasteiger partial charge in [0, 0.05) is 5.02 Å². The standard InChI is InChI=1S/C21H18ClN3O4/c1-11-7-9-13(10-8-11)25-18-16(17(23-25)21(28)29-3)19(26)24(20(18)27)15-6-4-5-14(22)12(15)2/h4-10,16,18H,1-3H3/t16-,18-/m1/s1. The number of amides is 2. The number of nitrogens with zero attached hydrogens (tertiary/aromatic N) is 3. The predicted octanol–water partition coefficient (Wildman–Crippen LogP) is 2.86. The van der Waals surface area contributed by atoms with Crippen molar-refractivity contribution in [2.24, 2.45) is 11.0 Å². The predicted molar refractivity (Wildman–Crippen MR) is 109 cm³/mol. The number of halogens is 1. The summed E-state index contributed by atoms with van der Waals surface area (Å²) in [6.07, 6.45) is 0. The maximum absolute atomic E-state index is 13.4. The van der Waals surface area contributed by atoms with Gasteiger partial charge in [-0.15, -0.1) is 0 Å². The molecule has 29 heavy (non-hydrogen) atoms. The lowest BCUT2D eigenvalue weighted by molar-refractivity contribution is -0.133. The molecule has 2 aliphatic rings. The van der Waals surface area contributed by atoms with Crippen molar-refractivity contribution in [3.05, 3.63) is 58.6 Å². The number of methoxy groups -OCH3 is 1. The molecule has 4 rings (SSSR count). The van der Waals surface area contributed by atoms with Crippen molar-refractivity contribution in [1.29, 1.82) is 0 Å². The van der Waals surface area contributed by atoms with E-state index in [0.717, 1.165) is 10.5 Å². The minimum Gasteiger partial charge on any atom is -0.464 e. The fourth-order valence-corrected chi connectivity index (χ4v) is 3.84. The van der Waals surface area contributed by atoms with Crippen molar-refractivity contribution >= 4 is 46.5 Å². The van der Waals surface area contributed by atoms with Gasteiger partial charge in [0.2, 0.25) is 5.91 Å². The van der Waals surface area contributed by atoms with Crippen LogP contribution < -0.4 is 9.91 Å². The minimum absolute atomic E-state index is 0.0846. The second-order valence-electron chi connectivity index (χ2n) is 6.98. The Hall–Kier alpha value is -3.19. The average molecular weight is 412 g/mol. The van der Waals surface area contributed by atoms with Crippen LogP contribution in [0.15, 0.2) is 47.6 Å². The fourth-order valence-electron chi connectivity index (χ4n) is 3.67. The topological polar surface area (TPSA) is 79.3 Å². The fraction of sp³-hybridized carbons (Fsp3) is 0.238. The zero-order valence-corrected chi connectivity index (χ0v) is 16.8. The number of anilines is 2. The number of carbonyl (C=O) groups excluding carboxylic acids is 3. The Morgan fingerprint density at radius 3 is 2.41 bits per heavy atom. The lowest BCUT2D eigenvalue weighted by atomic mass is 9.97. The quantitative estimate of drug-likeness (QED) is 0.573. The highest BCUT2D eigenvalue weighted by Crippen LogP contribution is 2.39. The van der Waals surface area contributed by atoms with Crippen LogP contribution in [-0.4, -0.2) is 36.6 Å². The summed E-state index contributed by atoms with van der Waals surface area (Å²) in [5, 5.41) is 6.16. The van der Waals surface area contributed by atoms with Gasteiger partial charge in [-0.1, -0.05) is 35.4 Å². The molecule has 1 fully saturated rings. The minimum atomic E-state index is -1.05. The van der Waals surface area contributed by atoms with Crippen LogP contribution in [0.4, 0.5) is 11.4 Å². The molecule has 0 aliphatic carbocycles. The molecule has 0 radical (unpaired) electrons. The van der Waals surface area contributed by atoms with Crippen molar-refractivity contribution < 1.29 is 19.1 Å². The smallest absolute Gasteiger partial charge is 0.355 e. The van der Waals surface area contributed by atoms with Gasteiger partial charge in [-0.2, -0.15) is 5.10 Å². The molecule has 8 heteroatoms. The molecule has 2 amide bonds. The van der Waals surface area contributed by atoms with E-state index in [0.29, 0.717) is 22.0 Å². The summed E-state index contributed by atoms with van der Waals surface area (Å²) in [6, 6.07) is 11.4. The zero-order valence-electron chi connectivity index (χ0n) is 16.0. The first-order chi connectivity index (χ1) is 13.8. The number of esters is 1. The molecule has 2 aliphatic heterocycles. The Balaban J connectivity index is 1.83. The van der Waals surface area contributed by atoms with Crippen LogP contribution in [0.25, 0.3) is 0 Å². The van der Waals surface area contributed by atoms with Gasteiger partial charge in [0.25, 0.3) is 5.91 Å². The van der Waals surface area contributed by atoms with Gasteiger partial charge in [-0.05, 0) is 43.7 Å². The summed E-state index contributed by atoms with van der Waals surface area (Å²) in [4.78, 5) is 40.0. The van der Waals surface area contributed by atoms with Crippen LogP contribution in [0.1, 0.15) is 11.1 Å². The summed E-state index contributed by atoms with van der Waals surface area (Å²) >= 11 is 6.19. The average Bonchev–Trinajstić information content (AvgIpc) is 3.22. The lowest BCUT2D eigenvalue weighted by Crippen LogP contribution is -2.39. The SMILES string of the molecule is COC(=O)C1=NN(c2ccc(C)cc2)[C@H]2C(=O)N(c3cccc(Cl)c3C)C(=O)[C@H]12. The van der Waals surface area contributed by atoms with Crippen molar-refractivity contribution in [2.75, 3.05) is 17.0 Å². The van der Waals surface area contributed by atoms with E-state index >= 15 is 0 Å². The molecule has 0 N–H and O–H groups in total. The molecule has 2 aromatic carbocycles. The molecule has 0 spiro atoms. The van der Waals surface area contributed by atoms with Crippen molar-refractivity contribution in [3.8, 4) is 0 Å². The Bertz CT molecular complexity index is 1060. The van der Waals surface area contributed by atoms with Gasteiger partial charge in [0.1, 0.15) is 12.0 Å². The molecule has 2 atom stereocenters. The van der Waals surface area contributed by atoms with Gasteiger partial charge in [-0.3, -0.25) is 14.6 Å². The normalized spacial score (nSPS) is 20.8. The highest BCUT2D eigenvalue weighted by molar-refractivity contribution is 6.47. The summed E-state index contributed by atoms with van der Waals surface area (Å²) in [5.41, 5.74) is 2.56. The van der Waals surface area contributed by atoms with E-state index in [-0.39, 0.29) is 5.71 Å². The van der Waals surface area contributed by atoms with Crippen LogP contribution in [0.2, 0.25) is 5.02 Å². The lowest BCUT2D eigenvalue weighted by Gasteiger charge is -2.23. The highest BCUT2D eigenvalue weighted by Gasteiger charge is 2.59. The first-order valence-electron chi connectivity index (χ1n) is 9.00. The third-order valence-corrected chi connectivity index (χ3v) is 5.63. The number of carbonyl (C=O) groups is 3. The molecular weight excluding hydrogens is 394 g/mol. The van der Waals surface area contributed by atoms with E-state index in [1.807, 2.05) is 19.1 Å². The highest BCUT2D eigenvalue weighted by atomic mass is 35.5. The zero-order chi connectivity index (χ0) is 20.9. The van der Waals surface area contributed by atoms with E-state index in [1.165, 1.54) is 12.1 Å². The summed E-state index contributed by atoms with van der Waals surface area (Å²) < 4.78 is 4.81. The first-order valence-corrected chi connectivity index (χ1v) is 9.38. The second-order valence-corrected chi connectivity index (χ2v) is 7.38. The van der Waals surface area contributed by atoms with Crippen molar-refractivity contribution in [3.63, 3.8) is 0 Å². The van der Waals surface area contributed by atoms with Crippen LogP contribution in [0.5, 0.6) is 0 Å².